The second-order valence-corrected chi connectivity index (χ2v) is 3.14. The van der Waals surface area contributed by atoms with Crippen LogP contribution in [0.25, 0.3) is 0 Å². The first kappa shape index (κ1) is 7.07. The van der Waals surface area contributed by atoms with E-state index in [1.165, 1.54) is 25.9 Å². The molecule has 0 unspecified atom stereocenters. The lowest BCUT2D eigenvalue weighted by molar-refractivity contribution is 0.267. The Kier molecular flexibility index (Phi) is 2.52. The van der Waals surface area contributed by atoms with Crippen molar-refractivity contribution in [1.29, 1.82) is 0 Å². The van der Waals surface area contributed by atoms with Crippen molar-refractivity contribution in [3.8, 4) is 0 Å². The summed E-state index contributed by atoms with van der Waals surface area (Å²) >= 11 is 0. The minimum absolute atomic E-state index is 0.943. The fourth-order valence-corrected chi connectivity index (χ4v) is 1.60. The molecule has 1 rings (SSSR count). The van der Waals surface area contributed by atoms with Crippen molar-refractivity contribution >= 4 is 0 Å². The van der Waals surface area contributed by atoms with Crippen LogP contribution in [0.4, 0.5) is 0 Å². The summed E-state index contributed by atoms with van der Waals surface area (Å²) in [5, 5.41) is 3.42. The molecule has 0 amide bonds. The van der Waals surface area contributed by atoms with Crippen LogP contribution in [0.1, 0.15) is 26.7 Å². The quantitative estimate of drug-likeness (QED) is 0.564. The molecular formula is C8H17N. The van der Waals surface area contributed by atoms with Gasteiger partial charge < -0.3 is 5.32 Å². The summed E-state index contributed by atoms with van der Waals surface area (Å²) < 4.78 is 0. The van der Waals surface area contributed by atoms with Gasteiger partial charge in [0.25, 0.3) is 0 Å². The Morgan fingerprint density at radius 2 is 2.33 bits per heavy atom. The average Bonchev–Trinajstić information content (AvgIpc) is 1.89. The number of hydrogen-bond acceptors (Lipinski definition) is 1. The molecule has 1 heteroatoms. The van der Waals surface area contributed by atoms with Crippen molar-refractivity contribution in [1.82, 2.24) is 5.32 Å². The van der Waals surface area contributed by atoms with Gasteiger partial charge in [0.15, 0.2) is 0 Å². The summed E-state index contributed by atoms with van der Waals surface area (Å²) in [7, 11) is 0. The molecule has 0 saturated carbocycles. The molecule has 0 aromatic rings. The van der Waals surface area contributed by atoms with Gasteiger partial charge >= 0.3 is 0 Å². The van der Waals surface area contributed by atoms with Gasteiger partial charge in [-0.1, -0.05) is 20.3 Å². The van der Waals surface area contributed by atoms with E-state index in [4.69, 9.17) is 0 Å². The smallest absolute Gasteiger partial charge is 0.00181 e. The molecule has 1 fully saturated rings. The Bertz CT molecular complexity index is 80.6. The molecule has 0 aromatic carbocycles. The minimum atomic E-state index is 0.943. The highest BCUT2D eigenvalue weighted by Crippen LogP contribution is 2.20. The van der Waals surface area contributed by atoms with Gasteiger partial charge in [-0.3, -0.25) is 0 Å². The normalized spacial score (nSPS) is 36.7. The van der Waals surface area contributed by atoms with Crippen molar-refractivity contribution < 1.29 is 0 Å². The topological polar surface area (TPSA) is 12.0 Å². The summed E-state index contributed by atoms with van der Waals surface area (Å²) in [5.74, 6) is 1.90. The number of nitrogens with one attached hydrogen (secondary N) is 1. The van der Waals surface area contributed by atoms with Crippen molar-refractivity contribution in [3.05, 3.63) is 0 Å². The molecule has 0 bridgehead atoms. The standard InChI is InChI=1S/C8H17N/c1-3-8-6-9-5-4-7(8)2/h7-9H,3-6H2,1-2H3/t7-,8-/m0/s1. The second kappa shape index (κ2) is 3.21. The molecule has 0 aliphatic carbocycles. The van der Waals surface area contributed by atoms with Crippen molar-refractivity contribution in [2.45, 2.75) is 26.7 Å². The maximum absolute atomic E-state index is 3.42. The summed E-state index contributed by atoms with van der Waals surface area (Å²) in [6, 6.07) is 0. The molecule has 54 valence electrons. The summed E-state index contributed by atoms with van der Waals surface area (Å²) in [4.78, 5) is 0. The van der Waals surface area contributed by atoms with E-state index in [9.17, 15) is 0 Å². The zero-order chi connectivity index (χ0) is 6.69. The van der Waals surface area contributed by atoms with E-state index in [0.29, 0.717) is 0 Å². The molecule has 1 aliphatic rings. The lowest BCUT2D eigenvalue weighted by atomic mass is 9.86. The highest BCUT2D eigenvalue weighted by Gasteiger charge is 2.18. The van der Waals surface area contributed by atoms with Crippen LogP contribution < -0.4 is 5.32 Å². The van der Waals surface area contributed by atoms with Gasteiger partial charge in [-0.25, -0.2) is 0 Å². The highest BCUT2D eigenvalue weighted by atomic mass is 14.9. The lowest BCUT2D eigenvalue weighted by Crippen LogP contribution is -2.34. The van der Waals surface area contributed by atoms with Crippen LogP contribution in [-0.2, 0) is 0 Å². The van der Waals surface area contributed by atoms with Crippen LogP contribution >= 0.6 is 0 Å². The first-order chi connectivity index (χ1) is 4.34. The monoisotopic (exact) mass is 127 g/mol. The Hall–Kier alpha value is -0.0400. The second-order valence-electron chi connectivity index (χ2n) is 3.14. The van der Waals surface area contributed by atoms with Crippen LogP contribution in [0.15, 0.2) is 0 Å². The zero-order valence-corrected chi connectivity index (χ0v) is 6.48. The minimum Gasteiger partial charge on any atom is -0.316 e. The third kappa shape index (κ3) is 1.68. The Morgan fingerprint density at radius 3 is 2.78 bits per heavy atom. The first-order valence-corrected chi connectivity index (χ1v) is 4.05. The fourth-order valence-electron chi connectivity index (χ4n) is 1.60. The maximum Gasteiger partial charge on any atom is -0.00181 e. The lowest BCUT2D eigenvalue weighted by Gasteiger charge is -2.28. The fraction of sp³-hybridized carbons (Fsp3) is 1.00. The van der Waals surface area contributed by atoms with E-state index >= 15 is 0 Å². The van der Waals surface area contributed by atoms with Gasteiger partial charge in [0.2, 0.25) is 0 Å². The van der Waals surface area contributed by atoms with Gasteiger partial charge in [-0.05, 0) is 31.3 Å². The molecule has 1 N–H and O–H groups in total. The molecule has 9 heavy (non-hydrogen) atoms. The van der Waals surface area contributed by atoms with Crippen LogP contribution in [0.3, 0.4) is 0 Å². The molecule has 0 aromatic heterocycles. The number of hydrogen-bond donors (Lipinski definition) is 1. The van der Waals surface area contributed by atoms with Crippen molar-refractivity contribution in [2.75, 3.05) is 13.1 Å². The third-order valence-corrected chi connectivity index (χ3v) is 2.51. The van der Waals surface area contributed by atoms with Crippen LogP contribution in [0, 0.1) is 11.8 Å². The molecule has 2 atom stereocenters. The van der Waals surface area contributed by atoms with Crippen molar-refractivity contribution in [2.24, 2.45) is 11.8 Å². The summed E-state index contributed by atoms with van der Waals surface area (Å²) in [6.45, 7) is 7.14. The van der Waals surface area contributed by atoms with Gasteiger partial charge in [0.1, 0.15) is 0 Å². The molecule has 0 radical (unpaired) electrons. The van der Waals surface area contributed by atoms with Gasteiger partial charge in [0, 0.05) is 0 Å². The predicted molar refractivity (Wildman–Crippen MR) is 40.4 cm³/mol. The van der Waals surface area contributed by atoms with E-state index in [1.807, 2.05) is 0 Å². The molecule has 1 heterocycles. The zero-order valence-electron chi connectivity index (χ0n) is 6.48. The summed E-state index contributed by atoms with van der Waals surface area (Å²) in [6.07, 6.45) is 2.71. The van der Waals surface area contributed by atoms with Gasteiger partial charge in [-0.15, -0.1) is 0 Å². The van der Waals surface area contributed by atoms with E-state index in [1.54, 1.807) is 0 Å². The van der Waals surface area contributed by atoms with Gasteiger partial charge in [-0.2, -0.15) is 0 Å². The highest BCUT2D eigenvalue weighted by molar-refractivity contribution is 4.73. The summed E-state index contributed by atoms with van der Waals surface area (Å²) in [5.41, 5.74) is 0. The Labute approximate surface area is 57.8 Å². The largest absolute Gasteiger partial charge is 0.316 e. The van der Waals surface area contributed by atoms with E-state index in [-0.39, 0.29) is 0 Å². The first-order valence-electron chi connectivity index (χ1n) is 4.05. The molecule has 1 saturated heterocycles. The van der Waals surface area contributed by atoms with E-state index in [2.05, 4.69) is 19.2 Å². The molecular weight excluding hydrogens is 110 g/mol. The van der Waals surface area contributed by atoms with Gasteiger partial charge in [0.05, 0.1) is 0 Å². The number of rotatable bonds is 1. The van der Waals surface area contributed by atoms with E-state index in [0.717, 1.165) is 11.8 Å². The molecule has 0 spiro atoms. The van der Waals surface area contributed by atoms with Crippen LogP contribution in [0.2, 0.25) is 0 Å². The maximum atomic E-state index is 3.42. The molecule has 1 nitrogen and oxygen atoms in total. The Morgan fingerprint density at radius 1 is 1.56 bits per heavy atom. The van der Waals surface area contributed by atoms with Crippen LogP contribution in [0.5, 0.6) is 0 Å². The predicted octanol–water partition coefficient (Wildman–Crippen LogP) is 1.64. The van der Waals surface area contributed by atoms with E-state index < -0.39 is 0 Å². The third-order valence-electron chi connectivity index (χ3n) is 2.51. The SMILES string of the molecule is CC[C@H]1CNCC[C@@H]1C. The molecule has 1 aliphatic heterocycles. The van der Waals surface area contributed by atoms with Crippen LogP contribution in [-0.4, -0.2) is 13.1 Å². The van der Waals surface area contributed by atoms with Crippen molar-refractivity contribution in [3.63, 3.8) is 0 Å². The average molecular weight is 127 g/mol. The Balaban J connectivity index is 2.30. The number of piperidine rings is 1.